The van der Waals surface area contributed by atoms with E-state index in [0.29, 0.717) is 24.9 Å². The molecule has 0 aromatic heterocycles. The van der Waals surface area contributed by atoms with Crippen LogP contribution in [0.5, 0.6) is 0 Å². The van der Waals surface area contributed by atoms with Gasteiger partial charge in [-0.3, -0.25) is 10.1 Å². The van der Waals surface area contributed by atoms with E-state index in [4.69, 9.17) is 0 Å². The molecule has 2 rings (SSSR count). The summed E-state index contributed by atoms with van der Waals surface area (Å²) >= 11 is 0. The van der Waals surface area contributed by atoms with Crippen LogP contribution in [-0.4, -0.2) is 41.9 Å². The Hall–Kier alpha value is -1.51. The second kappa shape index (κ2) is 5.47. The Kier molecular flexibility index (Phi) is 4.07. The molecule has 1 aliphatic heterocycles. The number of non-ortho nitro benzene ring substituents is 1. The van der Waals surface area contributed by atoms with Gasteiger partial charge in [0.2, 0.25) is 10.0 Å². The minimum Gasteiger partial charge on any atom is -0.395 e. The normalized spacial score (nSPS) is 20.2. The zero-order chi connectivity index (χ0) is 14.9. The molecule has 0 spiro atoms. The lowest BCUT2D eigenvalue weighted by molar-refractivity contribution is -0.385. The molecular formula is C12H16N2O5S. The van der Waals surface area contributed by atoms with Gasteiger partial charge in [0.15, 0.2) is 0 Å². The van der Waals surface area contributed by atoms with Crippen LogP contribution in [0.1, 0.15) is 18.4 Å². The third-order valence-corrected chi connectivity index (χ3v) is 5.60. The lowest BCUT2D eigenvalue weighted by Crippen LogP contribution is -2.37. The topological polar surface area (TPSA) is 101 Å². The van der Waals surface area contributed by atoms with Crippen molar-refractivity contribution in [3.8, 4) is 0 Å². The average molecular weight is 300 g/mol. The number of aryl methyl sites for hydroxylation is 1. The quantitative estimate of drug-likeness (QED) is 0.661. The van der Waals surface area contributed by atoms with E-state index in [0.717, 1.165) is 6.07 Å². The van der Waals surface area contributed by atoms with Crippen LogP contribution >= 0.6 is 0 Å². The molecule has 110 valence electrons. The lowest BCUT2D eigenvalue weighted by atomic mass is 10.2. The predicted molar refractivity (Wildman–Crippen MR) is 71.8 cm³/mol. The molecule has 1 heterocycles. The SMILES string of the molecule is Cc1ccc([N+](=O)[O-])cc1S(=O)(=O)N1CCC[C@H]1CO. The molecule has 1 saturated heterocycles. The van der Waals surface area contributed by atoms with Crippen molar-refractivity contribution >= 4 is 15.7 Å². The maximum absolute atomic E-state index is 12.6. The first-order valence-electron chi connectivity index (χ1n) is 6.25. The second-order valence-corrected chi connectivity index (χ2v) is 6.66. The van der Waals surface area contributed by atoms with E-state index in [2.05, 4.69) is 0 Å². The first-order chi connectivity index (χ1) is 9.37. The molecule has 1 aromatic rings. The fourth-order valence-electron chi connectivity index (χ4n) is 2.41. The van der Waals surface area contributed by atoms with Crippen molar-refractivity contribution < 1.29 is 18.4 Å². The molecule has 1 atom stereocenters. The number of aliphatic hydroxyl groups excluding tert-OH is 1. The van der Waals surface area contributed by atoms with Gasteiger partial charge in [-0.2, -0.15) is 4.31 Å². The Labute approximate surface area is 117 Å². The van der Waals surface area contributed by atoms with E-state index in [1.807, 2.05) is 0 Å². The lowest BCUT2D eigenvalue weighted by Gasteiger charge is -2.23. The Balaban J connectivity index is 2.48. The standard InChI is InChI=1S/C12H16N2O5S/c1-9-4-5-10(14(16)17)7-12(9)20(18,19)13-6-2-3-11(13)8-15/h4-5,7,11,15H,2-3,6,8H2,1H3/t11-/m0/s1. The van der Waals surface area contributed by atoms with Gasteiger partial charge in [0, 0.05) is 24.7 Å². The van der Waals surface area contributed by atoms with Crippen molar-refractivity contribution in [3.05, 3.63) is 33.9 Å². The van der Waals surface area contributed by atoms with Gasteiger partial charge in [0.25, 0.3) is 5.69 Å². The summed E-state index contributed by atoms with van der Waals surface area (Å²) in [6.45, 7) is 1.68. The molecule has 7 nitrogen and oxygen atoms in total. The van der Waals surface area contributed by atoms with Crippen LogP contribution in [0.2, 0.25) is 0 Å². The molecular weight excluding hydrogens is 284 g/mol. The summed E-state index contributed by atoms with van der Waals surface area (Å²) in [7, 11) is -3.82. The van der Waals surface area contributed by atoms with Crippen molar-refractivity contribution in [2.75, 3.05) is 13.2 Å². The fourth-order valence-corrected chi connectivity index (χ4v) is 4.35. The summed E-state index contributed by atoms with van der Waals surface area (Å²) in [5.41, 5.74) is 0.202. The van der Waals surface area contributed by atoms with E-state index >= 15 is 0 Å². The summed E-state index contributed by atoms with van der Waals surface area (Å²) in [6, 6.07) is 3.34. The molecule has 0 aliphatic carbocycles. The Morgan fingerprint density at radius 1 is 1.50 bits per heavy atom. The largest absolute Gasteiger partial charge is 0.395 e. The monoisotopic (exact) mass is 300 g/mol. The van der Waals surface area contributed by atoms with Gasteiger partial charge in [-0.05, 0) is 25.3 Å². The minimum absolute atomic E-state index is 0.0629. The van der Waals surface area contributed by atoms with Crippen LogP contribution < -0.4 is 0 Å². The van der Waals surface area contributed by atoms with Crippen LogP contribution in [0.3, 0.4) is 0 Å². The zero-order valence-electron chi connectivity index (χ0n) is 11.0. The van der Waals surface area contributed by atoms with E-state index < -0.39 is 21.0 Å². The molecule has 1 aromatic carbocycles. The number of benzene rings is 1. The van der Waals surface area contributed by atoms with Crippen molar-refractivity contribution in [2.45, 2.75) is 30.7 Å². The Bertz CT molecular complexity index is 629. The van der Waals surface area contributed by atoms with E-state index in [-0.39, 0.29) is 17.2 Å². The number of nitro groups is 1. The number of hydrogen-bond donors (Lipinski definition) is 1. The average Bonchev–Trinajstić information content (AvgIpc) is 2.87. The highest BCUT2D eigenvalue weighted by Gasteiger charge is 2.36. The van der Waals surface area contributed by atoms with Crippen LogP contribution in [0.15, 0.2) is 23.1 Å². The highest BCUT2D eigenvalue weighted by molar-refractivity contribution is 7.89. The Morgan fingerprint density at radius 3 is 2.80 bits per heavy atom. The molecule has 1 aliphatic rings. The number of sulfonamides is 1. The first-order valence-corrected chi connectivity index (χ1v) is 7.69. The number of rotatable bonds is 4. The molecule has 0 amide bonds. The summed E-state index contributed by atoms with van der Waals surface area (Å²) in [5.74, 6) is 0. The number of nitro benzene ring substituents is 1. The van der Waals surface area contributed by atoms with Gasteiger partial charge in [-0.1, -0.05) is 6.07 Å². The van der Waals surface area contributed by atoms with Gasteiger partial charge in [0.05, 0.1) is 16.4 Å². The van der Waals surface area contributed by atoms with Crippen LogP contribution in [0.4, 0.5) is 5.69 Å². The molecule has 8 heteroatoms. The summed E-state index contributed by atoms with van der Waals surface area (Å²) in [4.78, 5) is 10.1. The Morgan fingerprint density at radius 2 is 2.20 bits per heavy atom. The third kappa shape index (κ3) is 2.54. The van der Waals surface area contributed by atoms with Gasteiger partial charge in [0.1, 0.15) is 0 Å². The van der Waals surface area contributed by atoms with E-state index in [9.17, 15) is 23.6 Å². The maximum atomic E-state index is 12.6. The molecule has 0 saturated carbocycles. The van der Waals surface area contributed by atoms with Crippen LogP contribution in [0.25, 0.3) is 0 Å². The summed E-state index contributed by atoms with van der Waals surface area (Å²) < 4.78 is 26.4. The minimum atomic E-state index is -3.82. The van der Waals surface area contributed by atoms with Gasteiger partial charge >= 0.3 is 0 Å². The first kappa shape index (κ1) is 14.9. The number of nitrogens with zero attached hydrogens (tertiary/aromatic N) is 2. The maximum Gasteiger partial charge on any atom is 0.270 e. The van der Waals surface area contributed by atoms with Crippen LogP contribution in [-0.2, 0) is 10.0 Å². The molecule has 1 fully saturated rings. The third-order valence-electron chi connectivity index (χ3n) is 3.50. The highest BCUT2D eigenvalue weighted by Crippen LogP contribution is 2.29. The predicted octanol–water partition coefficient (Wildman–Crippen LogP) is 1.05. The van der Waals surface area contributed by atoms with E-state index in [1.54, 1.807) is 6.92 Å². The van der Waals surface area contributed by atoms with Crippen molar-refractivity contribution in [3.63, 3.8) is 0 Å². The van der Waals surface area contributed by atoms with Crippen molar-refractivity contribution in [1.82, 2.24) is 4.31 Å². The zero-order valence-corrected chi connectivity index (χ0v) is 11.8. The van der Waals surface area contributed by atoms with Gasteiger partial charge < -0.3 is 5.11 Å². The number of aliphatic hydroxyl groups is 1. The fraction of sp³-hybridized carbons (Fsp3) is 0.500. The summed E-state index contributed by atoms with van der Waals surface area (Å²) in [5, 5.41) is 20.0. The van der Waals surface area contributed by atoms with Crippen molar-refractivity contribution in [2.24, 2.45) is 0 Å². The smallest absolute Gasteiger partial charge is 0.270 e. The molecule has 1 N–H and O–H groups in total. The van der Waals surface area contributed by atoms with Gasteiger partial charge in [-0.25, -0.2) is 8.42 Å². The second-order valence-electron chi connectivity index (χ2n) is 4.80. The molecule has 20 heavy (non-hydrogen) atoms. The number of hydrogen-bond acceptors (Lipinski definition) is 5. The molecule has 0 unspecified atom stereocenters. The molecule has 0 radical (unpaired) electrons. The molecule has 0 bridgehead atoms. The van der Waals surface area contributed by atoms with Crippen LogP contribution in [0, 0.1) is 17.0 Å². The van der Waals surface area contributed by atoms with Crippen molar-refractivity contribution in [1.29, 1.82) is 0 Å². The van der Waals surface area contributed by atoms with E-state index in [1.165, 1.54) is 16.4 Å². The highest BCUT2D eigenvalue weighted by atomic mass is 32.2. The summed E-state index contributed by atoms with van der Waals surface area (Å²) in [6.07, 6.45) is 1.28. The van der Waals surface area contributed by atoms with Gasteiger partial charge in [-0.15, -0.1) is 0 Å².